The summed E-state index contributed by atoms with van der Waals surface area (Å²) in [5, 5.41) is 3.70. The van der Waals surface area contributed by atoms with E-state index in [0.29, 0.717) is 36.9 Å². The number of halogens is 1. The lowest BCUT2D eigenvalue weighted by atomic mass is 9.89. The van der Waals surface area contributed by atoms with Crippen LogP contribution in [0.1, 0.15) is 50.5 Å². The third-order valence-electron chi connectivity index (χ3n) is 5.77. The van der Waals surface area contributed by atoms with E-state index < -0.39 is 10.0 Å². The van der Waals surface area contributed by atoms with Gasteiger partial charge in [-0.1, -0.05) is 43.0 Å². The summed E-state index contributed by atoms with van der Waals surface area (Å²) in [6, 6.07) is 6.89. The van der Waals surface area contributed by atoms with Crippen LogP contribution in [0, 0.1) is 11.8 Å². The third-order valence-corrected chi connectivity index (χ3v) is 7.87. The van der Waals surface area contributed by atoms with Crippen LogP contribution >= 0.6 is 11.6 Å². The molecular formula is C20H29ClN2O3S. The van der Waals surface area contributed by atoms with Crippen molar-refractivity contribution >= 4 is 27.5 Å². The summed E-state index contributed by atoms with van der Waals surface area (Å²) in [6.45, 7) is 1.60. The van der Waals surface area contributed by atoms with Crippen LogP contribution in [0.25, 0.3) is 0 Å². The maximum Gasteiger partial charge on any atom is 0.223 e. The van der Waals surface area contributed by atoms with E-state index >= 15 is 0 Å². The predicted molar refractivity (Wildman–Crippen MR) is 108 cm³/mol. The van der Waals surface area contributed by atoms with Gasteiger partial charge in [0.1, 0.15) is 0 Å². The van der Waals surface area contributed by atoms with Gasteiger partial charge in [-0.3, -0.25) is 4.79 Å². The van der Waals surface area contributed by atoms with Crippen molar-refractivity contribution in [2.75, 3.05) is 19.6 Å². The molecule has 1 N–H and O–H groups in total. The van der Waals surface area contributed by atoms with Crippen LogP contribution < -0.4 is 5.32 Å². The molecule has 2 fully saturated rings. The first-order valence-electron chi connectivity index (χ1n) is 9.94. The van der Waals surface area contributed by atoms with Crippen molar-refractivity contribution in [2.24, 2.45) is 11.8 Å². The summed E-state index contributed by atoms with van der Waals surface area (Å²) >= 11 is 5.85. The highest BCUT2D eigenvalue weighted by Crippen LogP contribution is 2.24. The van der Waals surface area contributed by atoms with Crippen LogP contribution in [0.4, 0.5) is 0 Å². The molecule has 0 atom stereocenters. The topological polar surface area (TPSA) is 66.5 Å². The van der Waals surface area contributed by atoms with Gasteiger partial charge in [0.05, 0.1) is 5.75 Å². The van der Waals surface area contributed by atoms with Crippen LogP contribution in [0.3, 0.4) is 0 Å². The molecule has 0 unspecified atom stereocenters. The average Bonchev–Trinajstić information content (AvgIpc) is 2.69. The second-order valence-corrected chi connectivity index (χ2v) is 10.2. The molecule has 150 valence electrons. The van der Waals surface area contributed by atoms with Gasteiger partial charge in [-0.05, 0) is 49.3 Å². The Hall–Kier alpha value is -1.11. The molecule has 1 saturated carbocycles. The molecule has 7 heteroatoms. The molecule has 1 amide bonds. The summed E-state index contributed by atoms with van der Waals surface area (Å²) in [6.07, 6.45) is 7.46. The summed E-state index contributed by atoms with van der Waals surface area (Å²) in [5.41, 5.74) is 0.728. The molecule has 1 aliphatic carbocycles. The number of hydrogen-bond donors (Lipinski definition) is 1. The zero-order valence-electron chi connectivity index (χ0n) is 15.7. The van der Waals surface area contributed by atoms with Crippen molar-refractivity contribution < 1.29 is 13.2 Å². The molecule has 0 radical (unpaired) electrons. The fourth-order valence-corrected chi connectivity index (χ4v) is 5.75. The van der Waals surface area contributed by atoms with E-state index in [-0.39, 0.29) is 17.6 Å². The van der Waals surface area contributed by atoms with Crippen molar-refractivity contribution in [3.05, 3.63) is 34.9 Å². The first-order valence-corrected chi connectivity index (χ1v) is 11.9. The zero-order valence-corrected chi connectivity index (χ0v) is 17.3. The van der Waals surface area contributed by atoms with Gasteiger partial charge in [-0.2, -0.15) is 0 Å². The van der Waals surface area contributed by atoms with Gasteiger partial charge >= 0.3 is 0 Å². The summed E-state index contributed by atoms with van der Waals surface area (Å²) < 4.78 is 26.8. The van der Waals surface area contributed by atoms with Gasteiger partial charge in [-0.15, -0.1) is 0 Å². The Labute approximate surface area is 167 Å². The van der Waals surface area contributed by atoms with Crippen LogP contribution in [0.5, 0.6) is 0 Å². The van der Waals surface area contributed by atoms with Crippen molar-refractivity contribution in [1.29, 1.82) is 0 Å². The van der Waals surface area contributed by atoms with Gasteiger partial charge in [0.15, 0.2) is 0 Å². The second-order valence-electron chi connectivity index (χ2n) is 7.81. The maximum atomic E-state index is 12.6. The lowest BCUT2D eigenvalue weighted by Crippen LogP contribution is -2.44. The lowest BCUT2D eigenvalue weighted by molar-refractivity contribution is -0.126. The normalized spacial score (nSPS) is 20.5. The van der Waals surface area contributed by atoms with Gasteiger partial charge in [0.2, 0.25) is 15.9 Å². The molecule has 3 rings (SSSR count). The van der Waals surface area contributed by atoms with E-state index in [1.54, 1.807) is 24.3 Å². The minimum absolute atomic E-state index is 0.0251. The molecule has 1 heterocycles. The molecule has 0 aromatic heterocycles. The smallest absolute Gasteiger partial charge is 0.223 e. The molecule has 1 saturated heterocycles. The molecule has 2 aliphatic rings. The summed E-state index contributed by atoms with van der Waals surface area (Å²) in [7, 11) is -3.37. The Morgan fingerprint density at radius 3 is 2.30 bits per heavy atom. The number of benzene rings is 1. The molecule has 1 aromatic rings. The van der Waals surface area contributed by atoms with Crippen molar-refractivity contribution in [3.63, 3.8) is 0 Å². The monoisotopic (exact) mass is 412 g/mol. The molecule has 1 aromatic carbocycles. The maximum absolute atomic E-state index is 12.6. The number of nitrogens with one attached hydrogen (secondary N) is 1. The van der Waals surface area contributed by atoms with Crippen molar-refractivity contribution in [2.45, 2.75) is 50.7 Å². The minimum Gasteiger partial charge on any atom is -0.356 e. The Morgan fingerprint density at radius 1 is 1.04 bits per heavy atom. The standard InChI is InChI=1S/C20H29ClN2O3S/c21-19-8-6-17(7-9-19)15-27(25,26)23-12-10-18(11-13-23)20(24)22-14-16-4-2-1-3-5-16/h6-9,16,18H,1-5,10-15H2,(H,22,24). The Balaban J connectivity index is 1.45. The number of sulfonamides is 1. The van der Waals surface area contributed by atoms with Gasteiger partial charge < -0.3 is 5.32 Å². The van der Waals surface area contributed by atoms with E-state index in [0.717, 1.165) is 12.1 Å². The van der Waals surface area contributed by atoms with Gasteiger partial charge in [0.25, 0.3) is 0 Å². The Kier molecular flexibility index (Phi) is 7.17. The van der Waals surface area contributed by atoms with Crippen molar-refractivity contribution in [1.82, 2.24) is 9.62 Å². The highest BCUT2D eigenvalue weighted by atomic mass is 35.5. The predicted octanol–water partition coefficient (Wildman–Crippen LogP) is 3.58. The third kappa shape index (κ3) is 5.93. The van der Waals surface area contributed by atoms with Crippen LogP contribution in [-0.4, -0.2) is 38.3 Å². The summed E-state index contributed by atoms with van der Waals surface area (Å²) in [4.78, 5) is 12.4. The van der Waals surface area contributed by atoms with E-state index in [2.05, 4.69) is 5.32 Å². The average molecular weight is 413 g/mol. The largest absolute Gasteiger partial charge is 0.356 e. The lowest BCUT2D eigenvalue weighted by Gasteiger charge is -2.31. The first-order chi connectivity index (χ1) is 12.9. The van der Waals surface area contributed by atoms with E-state index in [1.807, 2.05) is 0 Å². The van der Waals surface area contributed by atoms with Gasteiger partial charge in [0, 0.05) is 30.6 Å². The molecular weight excluding hydrogens is 384 g/mol. The molecule has 0 bridgehead atoms. The quantitative estimate of drug-likeness (QED) is 0.776. The number of carbonyl (C=O) groups is 1. The number of piperidine rings is 1. The Morgan fingerprint density at radius 2 is 1.67 bits per heavy atom. The number of hydrogen-bond acceptors (Lipinski definition) is 3. The number of carbonyl (C=O) groups excluding carboxylic acids is 1. The highest BCUT2D eigenvalue weighted by molar-refractivity contribution is 7.88. The molecule has 27 heavy (non-hydrogen) atoms. The molecule has 1 aliphatic heterocycles. The molecule has 5 nitrogen and oxygen atoms in total. The first kappa shape index (κ1) is 20.6. The zero-order chi connectivity index (χ0) is 19.3. The van der Waals surface area contributed by atoms with Crippen molar-refractivity contribution in [3.8, 4) is 0 Å². The number of amides is 1. The van der Waals surface area contributed by atoms with E-state index in [4.69, 9.17) is 11.6 Å². The van der Waals surface area contributed by atoms with Crippen LogP contribution in [0.2, 0.25) is 5.02 Å². The second kappa shape index (κ2) is 9.39. The fourth-order valence-electron chi connectivity index (χ4n) is 4.06. The Bertz CT molecular complexity index is 722. The molecule has 0 spiro atoms. The van der Waals surface area contributed by atoms with E-state index in [9.17, 15) is 13.2 Å². The minimum atomic E-state index is -3.37. The van der Waals surface area contributed by atoms with Gasteiger partial charge in [-0.25, -0.2) is 12.7 Å². The van der Waals surface area contributed by atoms with E-state index in [1.165, 1.54) is 36.4 Å². The fraction of sp³-hybridized carbons (Fsp3) is 0.650. The number of nitrogens with zero attached hydrogens (tertiary/aromatic N) is 1. The highest BCUT2D eigenvalue weighted by Gasteiger charge is 2.31. The van der Waals surface area contributed by atoms with Crippen LogP contribution in [-0.2, 0) is 20.6 Å². The summed E-state index contributed by atoms with van der Waals surface area (Å²) in [5.74, 6) is 0.608. The number of rotatable bonds is 6. The van der Waals surface area contributed by atoms with Crippen LogP contribution in [0.15, 0.2) is 24.3 Å². The SMILES string of the molecule is O=C(NCC1CCCCC1)C1CCN(S(=O)(=O)Cc2ccc(Cl)cc2)CC1.